The monoisotopic (exact) mass is 185 g/mol. The molecule has 3 atom stereocenters. The smallest absolute Gasteiger partial charge is 0.357 e. The summed E-state index contributed by atoms with van der Waals surface area (Å²) in [4.78, 5) is 4.43. The molecular formula is C9H15NO3. The first kappa shape index (κ1) is 8.97. The number of aliphatic imine (C=N–C) groups is 1. The molecule has 0 spiro atoms. The van der Waals surface area contributed by atoms with Gasteiger partial charge in [-0.25, -0.2) is 4.99 Å². The zero-order valence-electron chi connectivity index (χ0n) is 8.46. The topological polar surface area (TPSA) is 40.0 Å². The lowest BCUT2D eigenvalue weighted by Crippen LogP contribution is -2.71. The molecule has 4 nitrogen and oxygen atoms in total. The summed E-state index contributed by atoms with van der Waals surface area (Å²) < 4.78 is 16.2. The normalized spacial score (nSPS) is 47.7. The molecule has 2 aliphatic rings. The van der Waals surface area contributed by atoms with E-state index in [2.05, 4.69) is 11.9 Å². The number of rotatable bonds is 2. The van der Waals surface area contributed by atoms with E-state index >= 15 is 0 Å². The van der Waals surface area contributed by atoms with Gasteiger partial charge in [0.2, 0.25) is 0 Å². The summed E-state index contributed by atoms with van der Waals surface area (Å²) in [6.45, 7) is 5.89. The third-order valence-electron chi connectivity index (χ3n) is 2.86. The molecule has 1 saturated heterocycles. The average molecular weight is 185 g/mol. The minimum Gasteiger partial charge on any atom is -0.424 e. The second-order valence-electron chi connectivity index (χ2n) is 3.66. The molecule has 2 aliphatic heterocycles. The van der Waals surface area contributed by atoms with Crippen LogP contribution in [0.5, 0.6) is 0 Å². The lowest BCUT2D eigenvalue weighted by atomic mass is 9.85. The standard InChI is InChI=1S/C9H15NO3/c1-5-7-8(3)9(11-4,13-7)12-6(2)10-8/h7H,5H2,1-4H3/t7-,8+,9-/m1/s1. The first-order valence-electron chi connectivity index (χ1n) is 4.56. The molecule has 0 amide bonds. The SMILES string of the molecule is CC[C@H]1O[C@]2(OC)OC(C)=N[C@@]12C. The van der Waals surface area contributed by atoms with Crippen molar-refractivity contribution in [2.45, 2.75) is 44.8 Å². The average Bonchev–Trinajstić information content (AvgIpc) is 2.27. The largest absolute Gasteiger partial charge is 0.424 e. The quantitative estimate of drug-likeness (QED) is 0.651. The van der Waals surface area contributed by atoms with Crippen LogP contribution >= 0.6 is 0 Å². The lowest BCUT2D eigenvalue weighted by Gasteiger charge is -2.52. The second-order valence-corrected chi connectivity index (χ2v) is 3.66. The summed E-state index contributed by atoms with van der Waals surface area (Å²) in [5.74, 6) is -0.307. The molecule has 0 saturated carbocycles. The molecule has 0 aromatic rings. The minimum absolute atomic E-state index is 0.102. The first-order chi connectivity index (χ1) is 6.08. The van der Waals surface area contributed by atoms with Gasteiger partial charge in [0.15, 0.2) is 11.4 Å². The van der Waals surface area contributed by atoms with E-state index in [0.29, 0.717) is 5.90 Å². The van der Waals surface area contributed by atoms with Crippen molar-refractivity contribution in [3.63, 3.8) is 0 Å². The summed E-state index contributed by atoms with van der Waals surface area (Å²) in [5, 5.41) is 0. The zero-order valence-corrected chi connectivity index (χ0v) is 8.46. The van der Waals surface area contributed by atoms with Crippen molar-refractivity contribution >= 4 is 5.90 Å². The Morgan fingerprint density at radius 2 is 2.31 bits per heavy atom. The van der Waals surface area contributed by atoms with E-state index in [1.165, 1.54) is 0 Å². The summed E-state index contributed by atoms with van der Waals surface area (Å²) >= 11 is 0. The Bertz CT molecular complexity index is 266. The van der Waals surface area contributed by atoms with Crippen LogP contribution in [-0.4, -0.2) is 30.6 Å². The first-order valence-corrected chi connectivity index (χ1v) is 4.56. The van der Waals surface area contributed by atoms with Crippen LogP contribution in [0.4, 0.5) is 0 Å². The molecule has 0 N–H and O–H groups in total. The van der Waals surface area contributed by atoms with Crippen LogP contribution in [0.1, 0.15) is 27.2 Å². The van der Waals surface area contributed by atoms with Crippen molar-refractivity contribution in [3.8, 4) is 0 Å². The maximum absolute atomic E-state index is 5.56. The van der Waals surface area contributed by atoms with Gasteiger partial charge in [0.05, 0.1) is 6.10 Å². The van der Waals surface area contributed by atoms with E-state index in [1.54, 1.807) is 7.11 Å². The maximum atomic E-state index is 5.56. The number of hydrogen-bond donors (Lipinski definition) is 0. The van der Waals surface area contributed by atoms with Crippen molar-refractivity contribution in [2.75, 3.05) is 7.11 Å². The number of ether oxygens (including phenoxy) is 3. The molecule has 0 aliphatic carbocycles. The molecule has 2 heterocycles. The van der Waals surface area contributed by atoms with Crippen LogP contribution in [0.25, 0.3) is 0 Å². The molecule has 74 valence electrons. The zero-order chi connectivity index (χ0) is 9.69. The molecule has 0 aromatic carbocycles. The van der Waals surface area contributed by atoms with Crippen LogP contribution in [0, 0.1) is 0 Å². The van der Waals surface area contributed by atoms with Gasteiger partial charge in [-0.05, 0) is 13.3 Å². The summed E-state index contributed by atoms with van der Waals surface area (Å²) in [6, 6.07) is 0. The van der Waals surface area contributed by atoms with Gasteiger partial charge in [-0.15, -0.1) is 0 Å². The maximum Gasteiger partial charge on any atom is 0.357 e. The van der Waals surface area contributed by atoms with E-state index in [-0.39, 0.29) is 11.6 Å². The number of nitrogens with zero attached hydrogens (tertiary/aromatic N) is 1. The predicted octanol–water partition coefficient (Wildman–Crippen LogP) is 1.30. The van der Waals surface area contributed by atoms with Crippen molar-refractivity contribution in [1.29, 1.82) is 0 Å². The summed E-state index contributed by atoms with van der Waals surface area (Å²) in [5.41, 5.74) is -0.361. The van der Waals surface area contributed by atoms with Crippen LogP contribution in [0.3, 0.4) is 0 Å². The van der Waals surface area contributed by atoms with Crippen molar-refractivity contribution in [1.82, 2.24) is 0 Å². The van der Waals surface area contributed by atoms with Crippen molar-refractivity contribution in [2.24, 2.45) is 4.99 Å². The fraction of sp³-hybridized carbons (Fsp3) is 0.889. The highest BCUT2D eigenvalue weighted by atomic mass is 16.9. The van der Waals surface area contributed by atoms with Gasteiger partial charge in [-0.2, -0.15) is 0 Å². The lowest BCUT2D eigenvalue weighted by molar-refractivity contribution is -0.456. The molecule has 2 rings (SSSR count). The van der Waals surface area contributed by atoms with Crippen LogP contribution in [0.15, 0.2) is 4.99 Å². The van der Waals surface area contributed by atoms with E-state index in [9.17, 15) is 0 Å². The molecule has 13 heavy (non-hydrogen) atoms. The van der Waals surface area contributed by atoms with Crippen molar-refractivity contribution < 1.29 is 14.2 Å². The summed E-state index contributed by atoms with van der Waals surface area (Å²) in [7, 11) is 1.58. The van der Waals surface area contributed by atoms with E-state index in [4.69, 9.17) is 14.2 Å². The molecule has 4 heteroatoms. The fourth-order valence-electron chi connectivity index (χ4n) is 2.15. The van der Waals surface area contributed by atoms with E-state index < -0.39 is 5.97 Å². The van der Waals surface area contributed by atoms with Gasteiger partial charge in [-0.1, -0.05) is 6.92 Å². The fourth-order valence-corrected chi connectivity index (χ4v) is 2.15. The van der Waals surface area contributed by atoms with E-state index in [1.807, 2.05) is 13.8 Å². The summed E-state index contributed by atoms with van der Waals surface area (Å²) in [6.07, 6.45) is 1.02. The molecule has 0 unspecified atom stereocenters. The Labute approximate surface area is 77.9 Å². The van der Waals surface area contributed by atoms with Gasteiger partial charge >= 0.3 is 5.97 Å². The highest BCUT2D eigenvalue weighted by molar-refractivity contribution is 5.76. The molecule has 0 bridgehead atoms. The van der Waals surface area contributed by atoms with Gasteiger partial charge in [0.25, 0.3) is 0 Å². The van der Waals surface area contributed by atoms with Crippen LogP contribution in [-0.2, 0) is 14.2 Å². The van der Waals surface area contributed by atoms with Gasteiger partial charge in [-0.3, -0.25) is 0 Å². The molecule has 0 radical (unpaired) electrons. The highest BCUT2D eigenvalue weighted by Crippen LogP contribution is 2.51. The highest BCUT2D eigenvalue weighted by Gasteiger charge is 2.71. The van der Waals surface area contributed by atoms with Gasteiger partial charge < -0.3 is 14.2 Å². The Kier molecular flexibility index (Phi) is 1.69. The van der Waals surface area contributed by atoms with Gasteiger partial charge in [0.1, 0.15) is 0 Å². The predicted molar refractivity (Wildman–Crippen MR) is 47.5 cm³/mol. The van der Waals surface area contributed by atoms with E-state index in [0.717, 1.165) is 6.42 Å². The van der Waals surface area contributed by atoms with Crippen LogP contribution in [0.2, 0.25) is 0 Å². The molecular weight excluding hydrogens is 170 g/mol. The third kappa shape index (κ3) is 0.849. The Morgan fingerprint density at radius 1 is 1.62 bits per heavy atom. The molecule has 0 aromatic heterocycles. The Hall–Kier alpha value is -0.610. The minimum atomic E-state index is -0.947. The number of hydrogen-bond acceptors (Lipinski definition) is 4. The van der Waals surface area contributed by atoms with Crippen molar-refractivity contribution in [3.05, 3.63) is 0 Å². The Balaban J connectivity index is 2.29. The number of fused-ring (bicyclic) bond motifs is 1. The second kappa shape index (κ2) is 2.45. The van der Waals surface area contributed by atoms with Crippen LogP contribution < -0.4 is 0 Å². The third-order valence-corrected chi connectivity index (χ3v) is 2.86. The number of methoxy groups -OCH3 is 1. The molecule has 1 fully saturated rings. The van der Waals surface area contributed by atoms with Gasteiger partial charge in [0, 0.05) is 14.0 Å². The Morgan fingerprint density at radius 3 is 2.85 bits per heavy atom.